The molecule has 5 heteroatoms. The van der Waals surface area contributed by atoms with Crippen LogP contribution in [-0.4, -0.2) is 21.3 Å². The van der Waals surface area contributed by atoms with Crippen molar-refractivity contribution < 1.29 is 4.79 Å². The molecule has 4 nitrogen and oxygen atoms in total. The maximum absolute atomic E-state index is 11.3. The van der Waals surface area contributed by atoms with Crippen LogP contribution in [0.1, 0.15) is 13.3 Å². The molecule has 1 aromatic carbocycles. The first-order valence-electron chi connectivity index (χ1n) is 5.57. The second kappa shape index (κ2) is 5.19. The Morgan fingerprint density at radius 2 is 2.24 bits per heavy atom. The Morgan fingerprint density at radius 3 is 2.94 bits per heavy atom. The lowest BCUT2D eigenvalue weighted by molar-refractivity contribution is -0.114. The van der Waals surface area contributed by atoms with Crippen LogP contribution in [0.2, 0.25) is 0 Å². The summed E-state index contributed by atoms with van der Waals surface area (Å²) in [5.74, 6) is 0.271. The largest absolute Gasteiger partial charge is 0.310 e. The van der Waals surface area contributed by atoms with Gasteiger partial charge in [-0.2, -0.15) is 0 Å². The van der Waals surface area contributed by atoms with E-state index < -0.39 is 0 Å². The number of fused-ring (bicyclic) bond motifs is 1. The van der Waals surface area contributed by atoms with Gasteiger partial charge in [-0.3, -0.25) is 10.1 Å². The van der Waals surface area contributed by atoms with Gasteiger partial charge in [0, 0.05) is 6.54 Å². The molecule has 0 saturated heterocycles. The molecule has 0 bridgehead atoms. The number of halogens is 1. The summed E-state index contributed by atoms with van der Waals surface area (Å²) in [7, 11) is 0. The van der Waals surface area contributed by atoms with Crippen molar-refractivity contribution in [3.8, 4) is 0 Å². The fourth-order valence-electron chi connectivity index (χ4n) is 1.78. The summed E-state index contributed by atoms with van der Waals surface area (Å²) in [4.78, 5) is 15.7. The van der Waals surface area contributed by atoms with Gasteiger partial charge in [-0.05, 0) is 18.6 Å². The Hall–Kier alpha value is -1.55. The number of anilines is 1. The van der Waals surface area contributed by atoms with Gasteiger partial charge in [0.2, 0.25) is 11.9 Å². The molecule has 0 unspecified atom stereocenters. The number of carbonyl (C=O) groups excluding carboxylic acids is 1. The summed E-state index contributed by atoms with van der Waals surface area (Å²) < 4.78 is 2.00. The van der Waals surface area contributed by atoms with E-state index in [1.54, 1.807) is 0 Å². The highest BCUT2D eigenvalue weighted by Gasteiger charge is 2.11. The molecular weight excluding hydrogens is 238 g/mol. The normalized spacial score (nSPS) is 10.7. The first-order chi connectivity index (χ1) is 8.26. The molecule has 0 radical (unpaired) electrons. The molecule has 0 spiro atoms. The molecule has 2 aromatic rings. The Bertz CT molecular complexity index is 536. The van der Waals surface area contributed by atoms with Crippen molar-refractivity contribution in [1.82, 2.24) is 9.55 Å². The van der Waals surface area contributed by atoms with E-state index in [-0.39, 0.29) is 11.8 Å². The van der Waals surface area contributed by atoms with Gasteiger partial charge in [-0.1, -0.05) is 19.1 Å². The molecule has 2 rings (SSSR count). The van der Waals surface area contributed by atoms with Crippen molar-refractivity contribution in [3.05, 3.63) is 24.3 Å². The van der Waals surface area contributed by atoms with Crippen molar-refractivity contribution in [2.24, 2.45) is 0 Å². The number of carbonyl (C=O) groups is 1. The fraction of sp³-hybridized carbons (Fsp3) is 0.333. The molecule has 1 N–H and O–H groups in total. The van der Waals surface area contributed by atoms with Crippen LogP contribution in [0.25, 0.3) is 11.0 Å². The molecule has 0 aliphatic carbocycles. The number of hydrogen-bond donors (Lipinski definition) is 1. The monoisotopic (exact) mass is 251 g/mol. The van der Waals surface area contributed by atoms with Gasteiger partial charge >= 0.3 is 0 Å². The molecule has 17 heavy (non-hydrogen) atoms. The Labute approximate surface area is 105 Å². The second-order valence-electron chi connectivity index (χ2n) is 3.76. The van der Waals surface area contributed by atoms with Crippen LogP contribution < -0.4 is 5.32 Å². The third-order valence-corrected chi connectivity index (χ3v) is 2.72. The minimum atomic E-state index is -0.237. The van der Waals surface area contributed by atoms with Gasteiger partial charge in [-0.25, -0.2) is 4.98 Å². The van der Waals surface area contributed by atoms with E-state index in [9.17, 15) is 4.79 Å². The van der Waals surface area contributed by atoms with E-state index >= 15 is 0 Å². The third-order valence-electron chi connectivity index (χ3n) is 2.47. The van der Waals surface area contributed by atoms with Crippen molar-refractivity contribution in [1.29, 1.82) is 0 Å². The van der Waals surface area contributed by atoms with Gasteiger partial charge < -0.3 is 4.57 Å². The fourth-order valence-corrected chi connectivity index (χ4v) is 1.85. The highest BCUT2D eigenvalue weighted by atomic mass is 35.5. The molecule has 1 heterocycles. The molecule has 0 aliphatic rings. The van der Waals surface area contributed by atoms with Gasteiger partial charge in [0.25, 0.3) is 0 Å². The van der Waals surface area contributed by atoms with Crippen LogP contribution in [0, 0.1) is 0 Å². The number of rotatable bonds is 4. The number of hydrogen-bond acceptors (Lipinski definition) is 2. The second-order valence-corrected chi connectivity index (χ2v) is 4.02. The topological polar surface area (TPSA) is 46.9 Å². The summed E-state index contributed by atoms with van der Waals surface area (Å²) in [6.07, 6.45) is 0.976. The van der Waals surface area contributed by atoms with Crippen molar-refractivity contribution in [2.75, 3.05) is 11.2 Å². The van der Waals surface area contributed by atoms with E-state index in [1.807, 2.05) is 28.8 Å². The molecule has 90 valence electrons. The zero-order valence-electron chi connectivity index (χ0n) is 9.61. The Kier molecular flexibility index (Phi) is 3.64. The molecule has 0 atom stereocenters. The minimum Gasteiger partial charge on any atom is -0.310 e. The van der Waals surface area contributed by atoms with Gasteiger partial charge in [-0.15, -0.1) is 11.6 Å². The zero-order valence-corrected chi connectivity index (χ0v) is 10.4. The zero-order chi connectivity index (χ0) is 12.3. The predicted molar refractivity (Wildman–Crippen MR) is 69.4 cm³/mol. The Balaban J connectivity index is 2.45. The van der Waals surface area contributed by atoms with Gasteiger partial charge in [0.1, 0.15) is 5.88 Å². The SMILES string of the molecule is CCCn1c(NC(=O)CCl)nc2ccccc21. The van der Waals surface area contributed by atoms with Crippen LogP contribution in [0.5, 0.6) is 0 Å². The number of aromatic nitrogens is 2. The lowest BCUT2D eigenvalue weighted by Gasteiger charge is -2.07. The number of imidazole rings is 1. The summed E-state index contributed by atoms with van der Waals surface area (Å²) in [6, 6.07) is 7.81. The van der Waals surface area contributed by atoms with Crippen molar-refractivity contribution in [3.63, 3.8) is 0 Å². The van der Waals surface area contributed by atoms with Crippen molar-refractivity contribution >= 4 is 34.5 Å². The van der Waals surface area contributed by atoms with Gasteiger partial charge in [0.05, 0.1) is 11.0 Å². The van der Waals surface area contributed by atoms with Crippen LogP contribution in [-0.2, 0) is 11.3 Å². The van der Waals surface area contributed by atoms with E-state index in [0.717, 1.165) is 24.0 Å². The first kappa shape index (κ1) is 11.9. The highest BCUT2D eigenvalue weighted by molar-refractivity contribution is 6.29. The number of benzene rings is 1. The van der Waals surface area contributed by atoms with Crippen molar-refractivity contribution in [2.45, 2.75) is 19.9 Å². The quantitative estimate of drug-likeness (QED) is 0.849. The maximum Gasteiger partial charge on any atom is 0.241 e. The standard InChI is InChI=1S/C12H14ClN3O/c1-2-7-16-10-6-4-3-5-9(10)14-12(16)15-11(17)8-13/h3-6H,2,7-8H2,1H3,(H,14,15,17). The maximum atomic E-state index is 11.3. The van der Waals surface area contributed by atoms with E-state index in [2.05, 4.69) is 17.2 Å². The number of nitrogens with zero attached hydrogens (tertiary/aromatic N) is 2. The number of amides is 1. The summed E-state index contributed by atoms with van der Waals surface area (Å²) in [5.41, 5.74) is 1.91. The predicted octanol–water partition coefficient (Wildman–Crippen LogP) is 2.62. The van der Waals surface area contributed by atoms with Crippen LogP contribution in [0.15, 0.2) is 24.3 Å². The Morgan fingerprint density at radius 1 is 1.47 bits per heavy atom. The molecule has 0 saturated carbocycles. The third kappa shape index (κ3) is 2.42. The lowest BCUT2D eigenvalue weighted by atomic mass is 10.3. The molecule has 1 aromatic heterocycles. The molecule has 0 aliphatic heterocycles. The number of alkyl halides is 1. The molecule has 0 fully saturated rings. The summed E-state index contributed by atoms with van der Waals surface area (Å²) in [6.45, 7) is 2.90. The average Bonchev–Trinajstić information content (AvgIpc) is 2.68. The lowest BCUT2D eigenvalue weighted by Crippen LogP contribution is -2.16. The number of nitrogens with one attached hydrogen (secondary N) is 1. The van der Waals surface area contributed by atoms with Crippen LogP contribution >= 0.6 is 11.6 Å². The first-order valence-corrected chi connectivity index (χ1v) is 6.10. The summed E-state index contributed by atoms with van der Waals surface area (Å²) in [5, 5.41) is 2.72. The number of aryl methyl sites for hydroxylation is 1. The molecular formula is C12H14ClN3O. The molecule has 1 amide bonds. The van der Waals surface area contributed by atoms with E-state index in [1.165, 1.54) is 0 Å². The number of para-hydroxylation sites is 2. The van der Waals surface area contributed by atoms with E-state index in [0.29, 0.717) is 5.95 Å². The van der Waals surface area contributed by atoms with Gasteiger partial charge in [0.15, 0.2) is 0 Å². The van der Waals surface area contributed by atoms with Crippen LogP contribution in [0.3, 0.4) is 0 Å². The highest BCUT2D eigenvalue weighted by Crippen LogP contribution is 2.19. The van der Waals surface area contributed by atoms with E-state index in [4.69, 9.17) is 11.6 Å². The minimum absolute atomic E-state index is 0.0602. The average molecular weight is 252 g/mol. The smallest absolute Gasteiger partial charge is 0.241 e. The summed E-state index contributed by atoms with van der Waals surface area (Å²) >= 11 is 5.48. The van der Waals surface area contributed by atoms with Crippen LogP contribution in [0.4, 0.5) is 5.95 Å².